The Morgan fingerprint density at radius 1 is 1.32 bits per heavy atom. The molecule has 0 spiro atoms. The maximum Gasteiger partial charge on any atom is 0.203 e. The number of nitrogens with one attached hydrogen (secondary N) is 2. The van der Waals surface area contributed by atoms with Gasteiger partial charge in [0.1, 0.15) is 0 Å². The first kappa shape index (κ1) is 14.4. The van der Waals surface area contributed by atoms with E-state index in [-0.39, 0.29) is 11.6 Å². The lowest BCUT2D eigenvalue weighted by atomic mass is 9.88. The highest BCUT2D eigenvalue weighted by Gasteiger charge is 2.30. The van der Waals surface area contributed by atoms with Gasteiger partial charge in [-0.15, -0.1) is 0 Å². The number of H-pyrrole nitrogens is 1. The highest BCUT2D eigenvalue weighted by Crippen LogP contribution is 2.29. The second-order valence-corrected chi connectivity index (χ2v) is 5.16. The van der Waals surface area contributed by atoms with Crippen LogP contribution in [0.4, 0.5) is 0 Å². The van der Waals surface area contributed by atoms with Crippen LogP contribution in [0.2, 0.25) is 0 Å². The molecule has 0 fully saturated rings. The molecule has 2 aromatic rings. The number of Topliss-reactive ketones (excluding diaryl/α,β-unsaturated/α-hetero) is 1. The van der Waals surface area contributed by atoms with E-state index in [2.05, 4.69) is 15.3 Å². The minimum Gasteiger partial charge on any atom is -0.358 e. The van der Waals surface area contributed by atoms with Gasteiger partial charge in [0, 0.05) is 29.7 Å². The SMILES string of the molecule is CCNCCc1c[nH]c2c1C(=O)C(c1cccnc1)=CC2=O. The first-order valence-electron chi connectivity index (χ1n) is 7.34. The minimum atomic E-state index is -0.164. The number of ketones is 2. The number of allylic oxidation sites excluding steroid dienone is 2. The molecular weight excluding hydrogens is 278 g/mol. The summed E-state index contributed by atoms with van der Waals surface area (Å²) in [6.45, 7) is 3.68. The molecule has 2 heterocycles. The van der Waals surface area contributed by atoms with Gasteiger partial charge in [0.2, 0.25) is 5.78 Å². The Morgan fingerprint density at radius 2 is 2.18 bits per heavy atom. The van der Waals surface area contributed by atoms with E-state index in [9.17, 15) is 9.59 Å². The summed E-state index contributed by atoms with van der Waals surface area (Å²) in [6, 6.07) is 3.55. The zero-order valence-electron chi connectivity index (χ0n) is 12.3. The molecule has 0 aromatic carbocycles. The monoisotopic (exact) mass is 295 g/mol. The van der Waals surface area contributed by atoms with E-state index in [1.165, 1.54) is 6.08 Å². The molecule has 0 amide bonds. The number of hydrogen-bond donors (Lipinski definition) is 2. The van der Waals surface area contributed by atoms with Crippen molar-refractivity contribution in [2.75, 3.05) is 13.1 Å². The van der Waals surface area contributed by atoms with Crippen LogP contribution in [0.3, 0.4) is 0 Å². The van der Waals surface area contributed by atoms with E-state index in [0.717, 1.165) is 18.7 Å². The highest BCUT2D eigenvalue weighted by molar-refractivity contribution is 6.38. The van der Waals surface area contributed by atoms with E-state index in [1.807, 2.05) is 6.92 Å². The van der Waals surface area contributed by atoms with Crippen LogP contribution < -0.4 is 5.32 Å². The summed E-state index contributed by atoms with van der Waals surface area (Å²) in [5.41, 5.74) is 2.86. The second kappa shape index (κ2) is 6.07. The van der Waals surface area contributed by atoms with Gasteiger partial charge in [-0.1, -0.05) is 13.0 Å². The first-order chi connectivity index (χ1) is 10.7. The molecule has 112 valence electrons. The van der Waals surface area contributed by atoms with Crippen LogP contribution in [0.1, 0.15) is 38.9 Å². The smallest absolute Gasteiger partial charge is 0.203 e. The Labute approximate surface area is 128 Å². The zero-order valence-corrected chi connectivity index (χ0v) is 12.3. The Hall–Kier alpha value is -2.53. The molecule has 22 heavy (non-hydrogen) atoms. The summed E-state index contributed by atoms with van der Waals surface area (Å²) < 4.78 is 0. The maximum absolute atomic E-state index is 12.8. The van der Waals surface area contributed by atoms with Gasteiger partial charge in [0.15, 0.2) is 5.78 Å². The Bertz CT molecular complexity index is 745. The molecule has 0 saturated carbocycles. The van der Waals surface area contributed by atoms with Crippen molar-refractivity contribution in [3.05, 3.63) is 59.2 Å². The molecule has 0 radical (unpaired) electrons. The molecule has 2 aromatic heterocycles. The van der Waals surface area contributed by atoms with Crippen molar-refractivity contribution in [1.82, 2.24) is 15.3 Å². The highest BCUT2D eigenvalue weighted by atomic mass is 16.1. The predicted molar refractivity (Wildman–Crippen MR) is 83.9 cm³/mol. The molecule has 1 aliphatic rings. The van der Waals surface area contributed by atoms with Crippen molar-refractivity contribution in [2.45, 2.75) is 13.3 Å². The number of nitrogens with zero attached hydrogens (tertiary/aromatic N) is 1. The van der Waals surface area contributed by atoms with Gasteiger partial charge >= 0.3 is 0 Å². The van der Waals surface area contributed by atoms with E-state index in [4.69, 9.17) is 0 Å². The number of likely N-dealkylation sites (N-methyl/N-ethyl adjacent to an activating group) is 1. The summed E-state index contributed by atoms with van der Waals surface area (Å²) in [4.78, 5) is 32.0. The summed E-state index contributed by atoms with van der Waals surface area (Å²) in [6.07, 6.45) is 7.11. The third-order valence-electron chi connectivity index (χ3n) is 3.75. The minimum absolute atomic E-state index is 0.115. The Balaban J connectivity index is 1.97. The van der Waals surface area contributed by atoms with Crippen LogP contribution in [0.25, 0.3) is 5.57 Å². The third-order valence-corrected chi connectivity index (χ3v) is 3.75. The van der Waals surface area contributed by atoms with Gasteiger partial charge in [-0.2, -0.15) is 0 Å². The molecule has 5 nitrogen and oxygen atoms in total. The fourth-order valence-electron chi connectivity index (χ4n) is 2.65. The van der Waals surface area contributed by atoms with Crippen molar-refractivity contribution < 1.29 is 9.59 Å². The lowest BCUT2D eigenvalue weighted by Gasteiger charge is -2.13. The van der Waals surface area contributed by atoms with Crippen LogP contribution in [0, 0.1) is 0 Å². The van der Waals surface area contributed by atoms with E-state index >= 15 is 0 Å². The molecule has 0 unspecified atom stereocenters. The lowest BCUT2D eigenvalue weighted by molar-refractivity contribution is 0.0998. The van der Waals surface area contributed by atoms with E-state index in [1.54, 1.807) is 30.7 Å². The average Bonchev–Trinajstić information content (AvgIpc) is 2.97. The van der Waals surface area contributed by atoms with Crippen molar-refractivity contribution in [2.24, 2.45) is 0 Å². The number of fused-ring (bicyclic) bond motifs is 1. The fourth-order valence-corrected chi connectivity index (χ4v) is 2.65. The largest absolute Gasteiger partial charge is 0.358 e. The fraction of sp³-hybridized carbons (Fsp3) is 0.235. The topological polar surface area (TPSA) is 74.8 Å². The van der Waals surface area contributed by atoms with Crippen molar-refractivity contribution >= 4 is 17.1 Å². The van der Waals surface area contributed by atoms with Gasteiger partial charge in [-0.25, -0.2) is 0 Å². The number of aromatic nitrogens is 2. The molecule has 5 heteroatoms. The molecule has 0 aliphatic heterocycles. The van der Waals surface area contributed by atoms with Crippen LogP contribution in [0.15, 0.2) is 36.8 Å². The van der Waals surface area contributed by atoms with Crippen molar-refractivity contribution in [1.29, 1.82) is 0 Å². The number of aromatic amines is 1. The Kier molecular flexibility index (Phi) is 3.98. The number of carbonyl (C=O) groups excluding carboxylic acids is 2. The van der Waals surface area contributed by atoms with Gasteiger partial charge < -0.3 is 10.3 Å². The molecule has 0 saturated heterocycles. The summed E-state index contributed by atoms with van der Waals surface area (Å²) in [7, 11) is 0. The van der Waals surface area contributed by atoms with Crippen molar-refractivity contribution in [3.8, 4) is 0 Å². The number of hydrogen-bond acceptors (Lipinski definition) is 4. The molecule has 2 N–H and O–H groups in total. The standard InChI is InChI=1S/C17H17N3O2/c1-2-18-7-5-12-10-20-16-14(21)8-13(17(22)15(12)16)11-4-3-6-19-9-11/h3-4,6,8-10,18,20H,2,5,7H2,1H3. The number of rotatable bonds is 5. The van der Waals surface area contributed by atoms with Crippen LogP contribution in [-0.4, -0.2) is 34.6 Å². The lowest BCUT2D eigenvalue weighted by Crippen LogP contribution is -2.19. The van der Waals surface area contributed by atoms with Gasteiger partial charge in [0.25, 0.3) is 0 Å². The van der Waals surface area contributed by atoms with Gasteiger partial charge in [-0.05, 0) is 37.2 Å². The molecule has 0 atom stereocenters. The third kappa shape index (κ3) is 2.51. The molecular formula is C17H17N3O2. The number of carbonyl (C=O) groups is 2. The predicted octanol–water partition coefficient (Wildman–Crippen LogP) is 2.02. The Morgan fingerprint density at radius 3 is 2.91 bits per heavy atom. The molecule has 0 bridgehead atoms. The summed E-state index contributed by atoms with van der Waals surface area (Å²) >= 11 is 0. The second-order valence-electron chi connectivity index (χ2n) is 5.16. The quantitative estimate of drug-likeness (QED) is 0.828. The summed E-state index contributed by atoms with van der Waals surface area (Å²) in [5.74, 6) is -0.279. The van der Waals surface area contributed by atoms with Gasteiger partial charge in [-0.3, -0.25) is 14.6 Å². The zero-order chi connectivity index (χ0) is 15.5. The van der Waals surface area contributed by atoms with E-state index < -0.39 is 0 Å². The molecule has 1 aliphatic carbocycles. The van der Waals surface area contributed by atoms with E-state index in [0.29, 0.717) is 28.8 Å². The maximum atomic E-state index is 12.8. The first-order valence-corrected chi connectivity index (χ1v) is 7.34. The summed E-state index contributed by atoms with van der Waals surface area (Å²) in [5, 5.41) is 3.23. The van der Waals surface area contributed by atoms with Crippen LogP contribution in [0.5, 0.6) is 0 Å². The normalized spacial score (nSPS) is 14.0. The van der Waals surface area contributed by atoms with Gasteiger partial charge in [0.05, 0.1) is 11.3 Å². The van der Waals surface area contributed by atoms with Crippen LogP contribution in [-0.2, 0) is 6.42 Å². The average molecular weight is 295 g/mol. The number of pyridine rings is 1. The van der Waals surface area contributed by atoms with Crippen LogP contribution >= 0.6 is 0 Å². The van der Waals surface area contributed by atoms with Crippen molar-refractivity contribution in [3.63, 3.8) is 0 Å². The molecule has 3 rings (SSSR count).